The summed E-state index contributed by atoms with van der Waals surface area (Å²) in [6, 6.07) is 17.6. The van der Waals surface area contributed by atoms with E-state index in [1.54, 1.807) is 18.2 Å². The topological polar surface area (TPSA) is 68.5 Å². The number of aryl methyl sites for hydroxylation is 1. The van der Waals surface area contributed by atoms with Crippen molar-refractivity contribution in [1.82, 2.24) is 4.57 Å². The fourth-order valence-electron chi connectivity index (χ4n) is 2.95. The van der Waals surface area contributed by atoms with Crippen LogP contribution in [-0.4, -0.2) is 28.0 Å². The molecule has 1 heterocycles. The smallest absolute Gasteiger partial charge is 0.342 e. The second kappa shape index (κ2) is 7.27. The highest BCUT2D eigenvalue weighted by molar-refractivity contribution is 6.01. The summed E-state index contributed by atoms with van der Waals surface area (Å²) >= 11 is 0. The van der Waals surface area contributed by atoms with E-state index in [1.165, 1.54) is 12.1 Å². The Balaban J connectivity index is 1.77. The fourth-order valence-corrected chi connectivity index (χ4v) is 2.95. The average Bonchev–Trinajstić information content (AvgIpc) is 2.95. The van der Waals surface area contributed by atoms with Gasteiger partial charge in [0.2, 0.25) is 5.78 Å². The molecular formula is C21H19NO4. The number of benzene rings is 2. The summed E-state index contributed by atoms with van der Waals surface area (Å²) in [4.78, 5) is 24.6. The Morgan fingerprint density at radius 3 is 2.31 bits per heavy atom. The van der Waals surface area contributed by atoms with Gasteiger partial charge in [0.15, 0.2) is 6.61 Å². The molecule has 2 aromatic carbocycles. The van der Waals surface area contributed by atoms with E-state index in [2.05, 4.69) is 0 Å². The number of carbonyl (C=O) groups excluding carboxylic acids is 2. The molecule has 0 saturated heterocycles. The maximum absolute atomic E-state index is 12.5. The van der Waals surface area contributed by atoms with Gasteiger partial charge in [0, 0.05) is 22.6 Å². The van der Waals surface area contributed by atoms with E-state index in [0.717, 1.165) is 17.1 Å². The minimum Gasteiger partial charge on any atom is -0.507 e. The van der Waals surface area contributed by atoms with Gasteiger partial charge in [0.05, 0.1) is 0 Å². The number of hydrogen-bond donors (Lipinski definition) is 1. The number of rotatable bonds is 5. The number of nitrogens with zero attached hydrogens (tertiary/aromatic N) is 1. The van der Waals surface area contributed by atoms with E-state index < -0.39 is 5.97 Å². The summed E-state index contributed by atoms with van der Waals surface area (Å²) in [6.45, 7) is 3.40. The maximum atomic E-state index is 12.5. The molecule has 26 heavy (non-hydrogen) atoms. The molecule has 0 radical (unpaired) electrons. The van der Waals surface area contributed by atoms with Crippen molar-refractivity contribution in [2.45, 2.75) is 13.8 Å². The van der Waals surface area contributed by atoms with Gasteiger partial charge >= 0.3 is 5.97 Å². The lowest BCUT2D eigenvalue weighted by molar-refractivity contribution is 0.0471. The Bertz CT molecular complexity index is 957. The van der Waals surface area contributed by atoms with Crippen molar-refractivity contribution in [3.05, 3.63) is 83.2 Å². The molecule has 5 nitrogen and oxygen atoms in total. The Kier molecular flexibility index (Phi) is 4.89. The molecule has 3 aromatic rings. The van der Waals surface area contributed by atoms with E-state index in [4.69, 9.17) is 4.74 Å². The van der Waals surface area contributed by atoms with Crippen LogP contribution in [0.2, 0.25) is 0 Å². The highest BCUT2D eigenvalue weighted by Gasteiger charge is 2.19. The highest BCUT2D eigenvalue weighted by Crippen LogP contribution is 2.22. The number of ketones is 1. The Morgan fingerprint density at radius 1 is 0.962 bits per heavy atom. The van der Waals surface area contributed by atoms with Crippen LogP contribution >= 0.6 is 0 Å². The number of aromatic hydroxyl groups is 1. The molecular weight excluding hydrogens is 330 g/mol. The number of ether oxygens (including phenoxy) is 1. The Hall–Kier alpha value is -3.34. The predicted octanol–water partition coefficient (Wildman–Crippen LogP) is 3.84. The number of para-hydroxylation sites is 2. The summed E-state index contributed by atoms with van der Waals surface area (Å²) in [5.74, 6) is -1.19. The zero-order valence-corrected chi connectivity index (χ0v) is 14.6. The number of phenols is 1. The summed E-state index contributed by atoms with van der Waals surface area (Å²) in [7, 11) is 0. The molecule has 5 heteroatoms. The van der Waals surface area contributed by atoms with Crippen LogP contribution in [0, 0.1) is 13.8 Å². The van der Waals surface area contributed by atoms with Crippen LogP contribution in [0.3, 0.4) is 0 Å². The minimum atomic E-state index is -0.728. The van der Waals surface area contributed by atoms with E-state index in [0.29, 0.717) is 5.56 Å². The third-order valence-corrected chi connectivity index (χ3v) is 4.20. The van der Waals surface area contributed by atoms with Gasteiger partial charge in [0.1, 0.15) is 11.3 Å². The number of phenolic OH excluding ortho intramolecular Hbond substituents is 1. The third-order valence-electron chi connectivity index (χ3n) is 4.20. The molecule has 0 bridgehead atoms. The van der Waals surface area contributed by atoms with E-state index in [-0.39, 0.29) is 23.7 Å². The molecule has 0 spiro atoms. The zero-order chi connectivity index (χ0) is 18.7. The quantitative estimate of drug-likeness (QED) is 0.561. The maximum Gasteiger partial charge on any atom is 0.342 e. The van der Waals surface area contributed by atoms with E-state index >= 15 is 0 Å². The van der Waals surface area contributed by atoms with Crippen LogP contribution in [0.1, 0.15) is 32.1 Å². The van der Waals surface area contributed by atoms with Crippen molar-refractivity contribution in [3.8, 4) is 11.4 Å². The van der Waals surface area contributed by atoms with Crippen molar-refractivity contribution in [2.75, 3.05) is 6.61 Å². The van der Waals surface area contributed by atoms with Crippen LogP contribution in [0.25, 0.3) is 5.69 Å². The summed E-state index contributed by atoms with van der Waals surface area (Å²) < 4.78 is 7.06. The van der Waals surface area contributed by atoms with Gasteiger partial charge in [-0.15, -0.1) is 0 Å². The second-order valence-corrected chi connectivity index (χ2v) is 5.97. The van der Waals surface area contributed by atoms with Gasteiger partial charge in [-0.2, -0.15) is 0 Å². The average molecular weight is 349 g/mol. The zero-order valence-electron chi connectivity index (χ0n) is 14.6. The third kappa shape index (κ3) is 3.37. The van der Waals surface area contributed by atoms with Gasteiger partial charge in [-0.25, -0.2) is 4.79 Å². The lowest BCUT2D eigenvalue weighted by Gasteiger charge is -2.10. The van der Waals surface area contributed by atoms with Crippen LogP contribution in [0.15, 0.2) is 60.7 Å². The number of Topliss-reactive ketones (excluding diaryl/α,β-unsaturated/α-hetero) is 1. The van der Waals surface area contributed by atoms with E-state index in [9.17, 15) is 14.7 Å². The van der Waals surface area contributed by atoms with Gasteiger partial charge < -0.3 is 14.4 Å². The fraction of sp³-hybridized carbons (Fsp3) is 0.143. The number of aromatic nitrogens is 1. The Labute approximate surface area is 151 Å². The molecule has 0 aliphatic carbocycles. The van der Waals surface area contributed by atoms with Gasteiger partial charge in [-0.3, -0.25) is 4.79 Å². The van der Waals surface area contributed by atoms with Crippen LogP contribution in [0.5, 0.6) is 5.75 Å². The monoisotopic (exact) mass is 349 g/mol. The SMILES string of the molecule is Cc1cc(C(=O)COC(=O)c2ccccc2O)c(C)n1-c1ccccc1. The molecule has 0 atom stereocenters. The summed E-state index contributed by atoms with van der Waals surface area (Å²) in [6.07, 6.45) is 0. The molecule has 0 aliphatic rings. The first kappa shape index (κ1) is 17.5. The van der Waals surface area contributed by atoms with Crippen molar-refractivity contribution in [3.63, 3.8) is 0 Å². The first-order valence-electron chi connectivity index (χ1n) is 8.21. The van der Waals surface area contributed by atoms with Gasteiger partial charge in [-0.05, 0) is 44.2 Å². The van der Waals surface area contributed by atoms with Crippen LogP contribution in [0.4, 0.5) is 0 Å². The molecule has 0 unspecified atom stereocenters. The number of carbonyl (C=O) groups is 2. The number of hydrogen-bond acceptors (Lipinski definition) is 4. The van der Waals surface area contributed by atoms with Crippen LogP contribution in [-0.2, 0) is 4.74 Å². The predicted molar refractivity (Wildman–Crippen MR) is 98.0 cm³/mol. The van der Waals surface area contributed by atoms with Crippen molar-refractivity contribution >= 4 is 11.8 Å². The first-order chi connectivity index (χ1) is 12.5. The lowest BCUT2D eigenvalue weighted by atomic mass is 10.1. The lowest BCUT2D eigenvalue weighted by Crippen LogP contribution is -2.15. The normalized spacial score (nSPS) is 10.5. The Morgan fingerprint density at radius 2 is 1.62 bits per heavy atom. The summed E-state index contributed by atoms with van der Waals surface area (Å²) in [5.41, 5.74) is 3.22. The standard InChI is InChI=1S/C21H19NO4/c1-14-12-18(15(2)22(14)16-8-4-3-5-9-16)20(24)13-26-21(25)17-10-6-7-11-19(17)23/h3-12,23H,13H2,1-2H3. The van der Waals surface area contributed by atoms with Crippen molar-refractivity contribution in [1.29, 1.82) is 0 Å². The molecule has 3 rings (SSSR count). The summed E-state index contributed by atoms with van der Waals surface area (Å²) in [5, 5.41) is 9.68. The molecule has 132 valence electrons. The first-order valence-corrected chi connectivity index (χ1v) is 8.21. The largest absolute Gasteiger partial charge is 0.507 e. The molecule has 0 aliphatic heterocycles. The molecule has 1 N–H and O–H groups in total. The molecule has 1 aromatic heterocycles. The van der Waals surface area contributed by atoms with E-state index in [1.807, 2.05) is 48.7 Å². The van der Waals surface area contributed by atoms with Crippen molar-refractivity contribution in [2.24, 2.45) is 0 Å². The van der Waals surface area contributed by atoms with Gasteiger partial charge in [-0.1, -0.05) is 30.3 Å². The minimum absolute atomic E-state index is 0.0371. The number of esters is 1. The highest BCUT2D eigenvalue weighted by atomic mass is 16.5. The van der Waals surface area contributed by atoms with Gasteiger partial charge in [0.25, 0.3) is 0 Å². The molecule has 0 fully saturated rings. The molecule has 0 amide bonds. The van der Waals surface area contributed by atoms with Crippen molar-refractivity contribution < 1.29 is 19.4 Å². The second-order valence-electron chi connectivity index (χ2n) is 5.97. The molecule has 0 saturated carbocycles. The van der Waals surface area contributed by atoms with Crippen LogP contribution < -0.4 is 0 Å².